The van der Waals surface area contributed by atoms with Crippen LogP contribution < -0.4 is 4.74 Å². The van der Waals surface area contributed by atoms with E-state index in [1.807, 2.05) is 6.92 Å². The van der Waals surface area contributed by atoms with Crippen LogP contribution in [0.1, 0.15) is 12.5 Å². The largest absolute Gasteiger partial charge is 0.494 e. The Morgan fingerprint density at radius 1 is 1.43 bits per heavy atom. The van der Waals surface area contributed by atoms with Crippen LogP contribution in [0.25, 0.3) is 0 Å². The molecule has 0 saturated carbocycles. The Morgan fingerprint density at radius 3 is 2.71 bits per heavy atom. The van der Waals surface area contributed by atoms with E-state index in [1.165, 1.54) is 6.07 Å². The average molecular weight is 218 g/mol. The summed E-state index contributed by atoms with van der Waals surface area (Å²) in [6, 6.07) is 6.38. The van der Waals surface area contributed by atoms with Gasteiger partial charge in [0.05, 0.1) is 6.61 Å². The molecule has 0 aliphatic heterocycles. The Morgan fingerprint density at radius 2 is 2.14 bits per heavy atom. The average Bonchev–Trinajstić information content (AvgIpc) is 2.02. The molecule has 0 N–H and O–H groups in total. The number of rotatable bonds is 4. The minimum atomic E-state index is -4.46. The normalized spacial score (nSPS) is 11.3. The van der Waals surface area contributed by atoms with Crippen molar-refractivity contribution in [1.82, 2.24) is 0 Å². The molecule has 0 heterocycles. The molecule has 0 amide bonds. The summed E-state index contributed by atoms with van der Waals surface area (Å²) >= 11 is 0. The van der Waals surface area contributed by atoms with Crippen molar-refractivity contribution in [3.63, 3.8) is 0 Å². The maximum atomic E-state index is 12.3. The minimum absolute atomic E-state index is 0.387. The molecule has 0 spiro atoms. The maximum absolute atomic E-state index is 12.3. The summed E-state index contributed by atoms with van der Waals surface area (Å²) in [7, 11) is -4.46. The Hall–Kier alpha value is -1.10. The van der Waals surface area contributed by atoms with E-state index in [1.54, 1.807) is 18.2 Å². The first-order chi connectivity index (χ1) is 6.51. The molecule has 0 bridgehead atoms. The molecule has 1 aromatic rings. The van der Waals surface area contributed by atoms with Gasteiger partial charge in [0.2, 0.25) is 0 Å². The number of hydrogen-bond donors (Lipinski definition) is 0. The summed E-state index contributed by atoms with van der Waals surface area (Å²) in [5.41, 5.74) is 0.387. The molecule has 0 unspecified atom stereocenters. The standard InChI is InChI=1S/C9H11FO3S/c1-2-13-9-5-3-4-8(6-9)7-14(10,11)12/h3-6H,2,7H2,1H3. The molecule has 0 atom stereocenters. The second-order valence-corrected chi connectivity index (χ2v) is 4.13. The number of ether oxygens (including phenoxy) is 1. The summed E-state index contributed by atoms with van der Waals surface area (Å²) in [4.78, 5) is 0. The van der Waals surface area contributed by atoms with Crippen LogP contribution in [0, 0.1) is 0 Å². The van der Waals surface area contributed by atoms with Crippen LogP contribution in [0.5, 0.6) is 5.75 Å². The van der Waals surface area contributed by atoms with Gasteiger partial charge in [-0.25, -0.2) is 0 Å². The second-order valence-electron chi connectivity index (χ2n) is 2.76. The van der Waals surface area contributed by atoms with Crippen LogP contribution in [0.15, 0.2) is 24.3 Å². The molecule has 3 nitrogen and oxygen atoms in total. The van der Waals surface area contributed by atoms with Gasteiger partial charge < -0.3 is 4.74 Å². The number of hydrogen-bond acceptors (Lipinski definition) is 3. The van der Waals surface area contributed by atoms with Crippen molar-refractivity contribution in [2.75, 3.05) is 6.61 Å². The zero-order valence-corrected chi connectivity index (χ0v) is 8.55. The number of halogens is 1. The van der Waals surface area contributed by atoms with Gasteiger partial charge in [-0.15, -0.1) is 3.89 Å². The van der Waals surface area contributed by atoms with Crippen LogP contribution >= 0.6 is 0 Å². The van der Waals surface area contributed by atoms with Crippen molar-refractivity contribution < 1.29 is 17.0 Å². The van der Waals surface area contributed by atoms with Crippen molar-refractivity contribution in [3.05, 3.63) is 29.8 Å². The third-order valence-corrected chi connectivity index (χ3v) is 2.23. The van der Waals surface area contributed by atoms with E-state index in [0.717, 1.165) is 0 Å². The molecule has 1 rings (SSSR count). The molecule has 14 heavy (non-hydrogen) atoms. The molecular weight excluding hydrogens is 207 g/mol. The second kappa shape index (κ2) is 4.41. The van der Waals surface area contributed by atoms with Crippen LogP contribution in [-0.4, -0.2) is 15.0 Å². The molecule has 0 saturated heterocycles. The van der Waals surface area contributed by atoms with Crippen molar-refractivity contribution >= 4 is 10.2 Å². The number of benzene rings is 1. The zero-order chi connectivity index (χ0) is 10.6. The molecule has 78 valence electrons. The highest BCUT2D eigenvalue weighted by molar-refractivity contribution is 7.85. The van der Waals surface area contributed by atoms with Crippen LogP contribution in [0.4, 0.5) is 3.89 Å². The van der Waals surface area contributed by atoms with Gasteiger partial charge in [0.25, 0.3) is 0 Å². The molecule has 0 radical (unpaired) electrons. The molecular formula is C9H11FO3S. The maximum Gasteiger partial charge on any atom is 0.306 e. The van der Waals surface area contributed by atoms with Gasteiger partial charge in [0.15, 0.2) is 0 Å². The topological polar surface area (TPSA) is 43.4 Å². The van der Waals surface area contributed by atoms with Crippen molar-refractivity contribution in [2.45, 2.75) is 12.7 Å². The van der Waals surface area contributed by atoms with E-state index < -0.39 is 16.0 Å². The zero-order valence-electron chi connectivity index (χ0n) is 7.73. The van der Waals surface area contributed by atoms with Crippen LogP contribution in [0.3, 0.4) is 0 Å². The fourth-order valence-electron chi connectivity index (χ4n) is 1.09. The molecule has 0 aliphatic rings. The molecule has 0 aliphatic carbocycles. The van der Waals surface area contributed by atoms with E-state index >= 15 is 0 Å². The SMILES string of the molecule is CCOc1cccc(CS(=O)(=O)F)c1. The lowest BCUT2D eigenvalue weighted by molar-refractivity contribution is 0.340. The van der Waals surface area contributed by atoms with Crippen molar-refractivity contribution in [3.8, 4) is 5.75 Å². The van der Waals surface area contributed by atoms with Gasteiger partial charge in [-0.1, -0.05) is 12.1 Å². The Labute approximate surface area is 82.7 Å². The Balaban J connectivity index is 2.83. The monoisotopic (exact) mass is 218 g/mol. The lowest BCUT2D eigenvalue weighted by Crippen LogP contribution is -1.97. The van der Waals surface area contributed by atoms with Gasteiger partial charge in [0, 0.05) is 0 Å². The highest BCUT2D eigenvalue weighted by Gasteiger charge is 2.08. The van der Waals surface area contributed by atoms with E-state index in [2.05, 4.69) is 0 Å². The third kappa shape index (κ3) is 3.74. The van der Waals surface area contributed by atoms with E-state index in [-0.39, 0.29) is 0 Å². The first-order valence-electron chi connectivity index (χ1n) is 4.15. The van der Waals surface area contributed by atoms with Crippen molar-refractivity contribution in [2.24, 2.45) is 0 Å². The first kappa shape index (κ1) is 11.0. The molecule has 1 aromatic carbocycles. The predicted octanol–water partition coefficient (Wildman–Crippen LogP) is 1.88. The molecule has 0 fully saturated rings. The lowest BCUT2D eigenvalue weighted by Gasteiger charge is -2.03. The fraction of sp³-hybridized carbons (Fsp3) is 0.333. The predicted molar refractivity (Wildman–Crippen MR) is 51.3 cm³/mol. The Kier molecular flexibility index (Phi) is 3.46. The quantitative estimate of drug-likeness (QED) is 0.725. The summed E-state index contributed by atoms with van der Waals surface area (Å²) in [6.07, 6.45) is 0. The molecule has 5 heteroatoms. The summed E-state index contributed by atoms with van der Waals surface area (Å²) in [6.45, 7) is 2.31. The summed E-state index contributed by atoms with van der Waals surface area (Å²) in [5, 5.41) is 0. The van der Waals surface area contributed by atoms with Gasteiger partial charge in [0.1, 0.15) is 11.5 Å². The van der Waals surface area contributed by atoms with Crippen LogP contribution in [0.2, 0.25) is 0 Å². The van der Waals surface area contributed by atoms with Crippen LogP contribution in [-0.2, 0) is 16.0 Å². The van der Waals surface area contributed by atoms with Gasteiger partial charge >= 0.3 is 10.2 Å². The summed E-state index contributed by atoms with van der Waals surface area (Å²) < 4.78 is 38.2. The first-order valence-corrected chi connectivity index (χ1v) is 5.70. The van der Waals surface area contributed by atoms with Gasteiger partial charge in [-0.05, 0) is 24.6 Å². The third-order valence-electron chi connectivity index (χ3n) is 1.55. The van der Waals surface area contributed by atoms with Crippen molar-refractivity contribution in [1.29, 1.82) is 0 Å². The molecule has 0 aromatic heterocycles. The van der Waals surface area contributed by atoms with Gasteiger partial charge in [-0.2, -0.15) is 8.42 Å². The van der Waals surface area contributed by atoms with Gasteiger partial charge in [-0.3, -0.25) is 0 Å². The minimum Gasteiger partial charge on any atom is -0.494 e. The van der Waals surface area contributed by atoms with E-state index in [9.17, 15) is 12.3 Å². The summed E-state index contributed by atoms with van der Waals surface area (Å²) in [5.74, 6) is -0.0536. The smallest absolute Gasteiger partial charge is 0.306 e. The van der Waals surface area contributed by atoms with E-state index in [0.29, 0.717) is 17.9 Å². The van der Waals surface area contributed by atoms with E-state index in [4.69, 9.17) is 4.74 Å². The highest BCUT2D eigenvalue weighted by Crippen LogP contribution is 2.15. The highest BCUT2D eigenvalue weighted by atomic mass is 32.3. The Bertz CT molecular complexity index is 400. The fourth-order valence-corrected chi connectivity index (χ4v) is 1.67. The lowest BCUT2D eigenvalue weighted by atomic mass is 10.2.